The summed E-state index contributed by atoms with van der Waals surface area (Å²) in [6, 6.07) is 12.7. The van der Waals surface area contributed by atoms with Gasteiger partial charge in [-0.05, 0) is 61.4 Å². The standard InChI is InChI=1S/C29H28ClF4N3O5S/c1-41-27(38)11-9-21-17-37(43(39,40)22-5-2-4-18(14-22)29(32,33)34)25-15-19(8-10-26(25)42-21)35-20-12-13-36(16-20)28-23(30)6-3-7-24(28)31/h2-8,10,14-15,20-21,35H,9,11-13,16-17H2,1H3/t20?,21-/m0/s1. The molecule has 2 aliphatic rings. The van der Waals surface area contributed by atoms with E-state index in [0.717, 1.165) is 22.5 Å². The lowest BCUT2D eigenvalue weighted by atomic mass is 10.1. The summed E-state index contributed by atoms with van der Waals surface area (Å²) in [5, 5.41) is 3.63. The molecule has 0 bridgehead atoms. The fourth-order valence-corrected chi connectivity index (χ4v) is 7.06. The van der Waals surface area contributed by atoms with Crippen molar-refractivity contribution >= 4 is 44.7 Å². The van der Waals surface area contributed by atoms with Crippen molar-refractivity contribution in [2.75, 3.05) is 41.3 Å². The van der Waals surface area contributed by atoms with Crippen molar-refractivity contribution in [2.24, 2.45) is 0 Å². The Labute approximate surface area is 251 Å². The Balaban J connectivity index is 1.43. The van der Waals surface area contributed by atoms with E-state index < -0.39 is 44.5 Å². The maximum atomic E-state index is 14.5. The highest BCUT2D eigenvalue weighted by molar-refractivity contribution is 7.92. The predicted octanol–water partition coefficient (Wildman–Crippen LogP) is 6.10. The zero-order valence-corrected chi connectivity index (χ0v) is 24.5. The van der Waals surface area contributed by atoms with Crippen LogP contribution in [0.15, 0.2) is 65.6 Å². The molecule has 3 aromatic carbocycles. The van der Waals surface area contributed by atoms with Crippen LogP contribution in [-0.4, -0.2) is 53.3 Å². The number of carbonyl (C=O) groups is 1. The Hall–Kier alpha value is -3.71. The van der Waals surface area contributed by atoms with Crippen molar-refractivity contribution in [3.63, 3.8) is 0 Å². The van der Waals surface area contributed by atoms with Gasteiger partial charge in [-0.2, -0.15) is 13.2 Å². The van der Waals surface area contributed by atoms with E-state index >= 15 is 0 Å². The van der Waals surface area contributed by atoms with Crippen LogP contribution in [0.1, 0.15) is 24.8 Å². The molecule has 0 saturated carbocycles. The van der Waals surface area contributed by atoms with Gasteiger partial charge in [-0.3, -0.25) is 9.10 Å². The molecular weight excluding hydrogens is 614 g/mol. The lowest BCUT2D eigenvalue weighted by Crippen LogP contribution is -2.43. The third-order valence-electron chi connectivity index (χ3n) is 7.35. The molecule has 2 heterocycles. The number of esters is 1. The molecule has 0 aromatic heterocycles. The van der Waals surface area contributed by atoms with Gasteiger partial charge in [-0.15, -0.1) is 0 Å². The van der Waals surface area contributed by atoms with Crippen LogP contribution >= 0.6 is 11.6 Å². The van der Waals surface area contributed by atoms with Crippen LogP contribution in [-0.2, 0) is 25.7 Å². The third kappa shape index (κ3) is 6.62. The number of nitrogens with zero attached hydrogens (tertiary/aromatic N) is 2. The Morgan fingerprint density at radius 1 is 1.12 bits per heavy atom. The highest BCUT2D eigenvalue weighted by Gasteiger charge is 2.37. The van der Waals surface area contributed by atoms with Gasteiger partial charge >= 0.3 is 12.1 Å². The van der Waals surface area contributed by atoms with Gasteiger partial charge in [0.15, 0.2) is 0 Å². The second-order valence-corrected chi connectivity index (χ2v) is 12.5. The summed E-state index contributed by atoms with van der Waals surface area (Å²) in [6.07, 6.45) is -4.79. The van der Waals surface area contributed by atoms with Crippen molar-refractivity contribution < 1.29 is 40.2 Å². The second kappa shape index (κ2) is 12.1. The molecule has 3 aromatic rings. The number of hydrogen-bond acceptors (Lipinski definition) is 7. The van der Waals surface area contributed by atoms with Crippen LogP contribution < -0.4 is 19.3 Å². The number of benzene rings is 3. The summed E-state index contributed by atoms with van der Waals surface area (Å²) >= 11 is 6.23. The molecule has 1 saturated heterocycles. The topological polar surface area (TPSA) is 88.2 Å². The zero-order chi connectivity index (χ0) is 30.9. The normalized spacial score (nSPS) is 18.7. The number of carbonyl (C=O) groups excluding carboxylic acids is 1. The minimum Gasteiger partial charge on any atom is -0.486 e. The molecule has 0 spiro atoms. The van der Waals surface area contributed by atoms with Crippen LogP contribution in [0, 0.1) is 5.82 Å². The van der Waals surface area contributed by atoms with Crippen LogP contribution in [0.25, 0.3) is 0 Å². The average molecular weight is 642 g/mol. The van der Waals surface area contributed by atoms with Gasteiger partial charge in [-0.1, -0.05) is 23.7 Å². The van der Waals surface area contributed by atoms with Crippen LogP contribution in [0.5, 0.6) is 5.75 Å². The van der Waals surface area contributed by atoms with Gasteiger partial charge in [0.05, 0.1) is 40.5 Å². The summed E-state index contributed by atoms with van der Waals surface area (Å²) in [6.45, 7) is 0.718. The van der Waals surface area contributed by atoms with Gasteiger partial charge in [0.1, 0.15) is 17.7 Å². The quantitative estimate of drug-likeness (QED) is 0.235. The zero-order valence-electron chi connectivity index (χ0n) is 22.9. The molecule has 14 heteroatoms. The number of hydrogen-bond donors (Lipinski definition) is 1. The predicted molar refractivity (Wildman–Crippen MR) is 154 cm³/mol. The largest absolute Gasteiger partial charge is 0.486 e. The number of halogens is 5. The number of methoxy groups -OCH3 is 1. The number of anilines is 3. The summed E-state index contributed by atoms with van der Waals surface area (Å²) in [4.78, 5) is 13.0. The second-order valence-electron chi connectivity index (χ2n) is 10.2. The highest BCUT2D eigenvalue weighted by atomic mass is 35.5. The van der Waals surface area contributed by atoms with Crippen molar-refractivity contribution in [2.45, 2.75) is 42.5 Å². The first-order valence-electron chi connectivity index (χ1n) is 13.4. The molecule has 0 amide bonds. The molecule has 0 radical (unpaired) electrons. The van der Waals surface area contributed by atoms with E-state index in [9.17, 15) is 30.8 Å². The van der Waals surface area contributed by atoms with E-state index in [4.69, 9.17) is 16.3 Å². The molecule has 1 N–H and O–H groups in total. The van der Waals surface area contributed by atoms with Gasteiger partial charge in [0.25, 0.3) is 10.0 Å². The summed E-state index contributed by atoms with van der Waals surface area (Å²) in [5.41, 5.74) is -0.126. The van der Waals surface area contributed by atoms with Crippen molar-refractivity contribution in [3.8, 4) is 5.75 Å². The lowest BCUT2D eigenvalue weighted by Gasteiger charge is -2.36. The van der Waals surface area contributed by atoms with Crippen LogP contribution in [0.2, 0.25) is 5.02 Å². The number of alkyl halides is 3. The van der Waals surface area contributed by atoms with Gasteiger partial charge in [0, 0.05) is 31.2 Å². The molecule has 2 aliphatic heterocycles. The Morgan fingerprint density at radius 3 is 2.60 bits per heavy atom. The number of para-hydroxylation sites is 1. The summed E-state index contributed by atoms with van der Waals surface area (Å²) in [5.74, 6) is -0.756. The van der Waals surface area contributed by atoms with Crippen molar-refractivity contribution in [1.82, 2.24) is 0 Å². The maximum absolute atomic E-state index is 14.5. The SMILES string of the molecule is COC(=O)CC[C@H]1CN(S(=O)(=O)c2cccc(C(F)(F)F)c2)c2cc(NC3CCN(c4c(F)cccc4Cl)C3)ccc2O1. The number of rotatable bonds is 8. The van der Waals surface area contributed by atoms with Crippen LogP contribution in [0.3, 0.4) is 0 Å². The average Bonchev–Trinajstić information content (AvgIpc) is 3.42. The molecule has 230 valence electrons. The molecule has 43 heavy (non-hydrogen) atoms. The molecular formula is C29H28ClF4N3O5S. The minimum atomic E-state index is -4.74. The fraction of sp³-hybridized carbons (Fsp3) is 0.345. The molecule has 1 unspecified atom stereocenters. The minimum absolute atomic E-state index is 0.0439. The van der Waals surface area contributed by atoms with Crippen molar-refractivity contribution in [1.29, 1.82) is 0 Å². The first kappa shape index (κ1) is 30.7. The van der Waals surface area contributed by atoms with Gasteiger partial charge in [0.2, 0.25) is 0 Å². The summed E-state index contributed by atoms with van der Waals surface area (Å²) in [7, 11) is -3.26. The number of nitrogens with one attached hydrogen (secondary N) is 1. The summed E-state index contributed by atoms with van der Waals surface area (Å²) < 4.78 is 94.1. The maximum Gasteiger partial charge on any atom is 0.416 e. The van der Waals surface area contributed by atoms with E-state index in [0.29, 0.717) is 42.0 Å². The Kier molecular flexibility index (Phi) is 8.66. The lowest BCUT2D eigenvalue weighted by molar-refractivity contribution is -0.141. The number of fused-ring (bicyclic) bond motifs is 1. The fourth-order valence-electron chi connectivity index (χ4n) is 5.23. The van der Waals surface area contributed by atoms with E-state index in [2.05, 4.69) is 10.1 Å². The van der Waals surface area contributed by atoms with Crippen molar-refractivity contribution in [3.05, 3.63) is 77.1 Å². The van der Waals surface area contributed by atoms with Crippen LogP contribution in [0.4, 0.5) is 34.6 Å². The molecule has 8 nitrogen and oxygen atoms in total. The van der Waals surface area contributed by atoms with Gasteiger partial charge < -0.3 is 19.7 Å². The molecule has 2 atom stereocenters. The van der Waals surface area contributed by atoms with E-state index in [1.54, 1.807) is 24.3 Å². The van der Waals surface area contributed by atoms with Gasteiger partial charge in [-0.25, -0.2) is 12.8 Å². The third-order valence-corrected chi connectivity index (χ3v) is 9.43. The monoisotopic (exact) mass is 641 g/mol. The highest BCUT2D eigenvalue weighted by Crippen LogP contribution is 2.41. The molecule has 1 fully saturated rings. The smallest absolute Gasteiger partial charge is 0.416 e. The number of sulfonamides is 1. The van der Waals surface area contributed by atoms with E-state index in [-0.39, 0.29) is 36.9 Å². The molecule has 5 rings (SSSR count). The molecule has 0 aliphatic carbocycles. The van der Waals surface area contributed by atoms with E-state index in [1.165, 1.54) is 19.2 Å². The Bertz CT molecular complexity index is 1600. The van der Waals surface area contributed by atoms with E-state index in [1.807, 2.05) is 4.90 Å². The Morgan fingerprint density at radius 2 is 1.88 bits per heavy atom. The first-order chi connectivity index (χ1) is 20.4. The first-order valence-corrected chi connectivity index (χ1v) is 15.2. The number of ether oxygens (including phenoxy) is 2.